The van der Waals surface area contributed by atoms with E-state index >= 15 is 0 Å². The number of aromatic nitrogens is 4. The second-order valence-corrected chi connectivity index (χ2v) is 9.02. The Bertz CT molecular complexity index is 1250. The van der Waals surface area contributed by atoms with E-state index in [1.807, 2.05) is 45.0 Å². The van der Waals surface area contributed by atoms with Crippen LogP contribution in [0.3, 0.4) is 0 Å². The second-order valence-electron chi connectivity index (χ2n) is 8.08. The zero-order valence-electron chi connectivity index (χ0n) is 18.8. The molecule has 0 aliphatic carbocycles. The fraction of sp³-hybridized carbons (Fsp3) is 0.280. The molecule has 2 aromatic heterocycles. The minimum atomic E-state index is -0.0460. The number of thioether (sulfide) groups is 1. The van der Waals surface area contributed by atoms with E-state index in [2.05, 4.69) is 51.6 Å². The largest absolute Gasteiger partial charge is 0.351 e. The molecule has 7 heteroatoms. The van der Waals surface area contributed by atoms with Crippen LogP contribution in [0, 0.1) is 27.7 Å². The molecule has 0 radical (unpaired) electrons. The Morgan fingerprint density at radius 3 is 2.19 bits per heavy atom. The Kier molecular flexibility index (Phi) is 6.55. The molecule has 164 valence electrons. The van der Waals surface area contributed by atoms with Crippen molar-refractivity contribution in [1.29, 1.82) is 0 Å². The van der Waals surface area contributed by atoms with Crippen LogP contribution in [0.15, 0.2) is 53.7 Å². The van der Waals surface area contributed by atoms with Crippen LogP contribution in [0.4, 0.5) is 0 Å². The summed E-state index contributed by atoms with van der Waals surface area (Å²) in [6.07, 6.45) is 0.796. The first-order valence-corrected chi connectivity index (χ1v) is 11.6. The normalized spacial score (nSPS) is 11.1. The van der Waals surface area contributed by atoms with Gasteiger partial charge < -0.3 is 5.32 Å². The quantitative estimate of drug-likeness (QED) is 0.428. The summed E-state index contributed by atoms with van der Waals surface area (Å²) in [5.41, 5.74) is 7.90. The predicted molar refractivity (Wildman–Crippen MR) is 128 cm³/mol. The van der Waals surface area contributed by atoms with Crippen LogP contribution in [0.1, 0.15) is 39.2 Å². The summed E-state index contributed by atoms with van der Waals surface area (Å²) in [4.78, 5) is 21.4. The SMILES string of the molecule is Cc1ccc(CNC(=O)CSc2nc3nc(C)c(Cc4ccc(C)cc4)c(C)n3n2)cc1. The first-order valence-electron chi connectivity index (χ1n) is 10.6. The summed E-state index contributed by atoms with van der Waals surface area (Å²) in [5, 5.41) is 8.09. The van der Waals surface area contributed by atoms with Crippen molar-refractivity contribution in [2.45, 2.75) is 45.8 Å². The highest BCUT2D eigenvalue weighted by Crippen LogP contribution is 2.21. The molecule has 0 bridgehead atoms. The third-order valence-corrected chi connectivity index (χ3v) is 6.31. The number of aryl methyl sites for hydroxylation is 4. The highest BCUT2D eigenvalue weighted by Gasteiger charge is 2.15. The number of hydrogen-bond donors (Lipinski definition) is 1. The van der Waals surface area contributed by atoms with Crippen LogP contribution >= 0.6 is 11.8 Å². The Hall–Kier alpha value is -3.19. The zero-order chi connectivity index (χ0) is 22.7. The average molecular weight is 446 g/mol. The minimum absolute atomic E-state index is 0.0460. The van der Waals surface area contributed by atoms with Crippen molar-refractivity contribution in [1.82, 2.24) is 24.9 Å². The molecule has 1 N–H and O–H groups in total. The third kappa shape index (κ3) is 5.16. The number of benzene rings is 2. The number of carbonyl (C=O) groups is 1. The molecular formula is C25H27N5OS. The second kappa shape index (κ2) is 9.53. The van der Waals surface area contributed by atoms with E-state index in [4.69, 9.17) is 0 Å². The Labute approximate surface area is 192 Å². The molecule has 0 saturated heterocycles. The summed E-state index contributed by atoms with van der Waals surface area (Å²) in [7, 11) is 0. The summed E-state index contributed by atoms with van der Waals surface area (Å²) < 4.78 is 1.78. The fourth-order valence-corrected chi connectivity index (χ4v) is 4.15. The van der Waals surface area contributed by atoms with E-state index in [9.17, 15) is 4.79 Å². The molecule has 0 aliphatic heterocycles. The molecule has 2 aromatic carbocycles. The summed E-state index contributed by atoms with van der Waals surface area (Å²) in [5.74, 6) is 0.780. The highest BCUT2D eigenvalue weighted by molar-refractivity contribution is 7.99. The minimum Gasteiger partial charge on any atom is -0.351 e. The number of hydrogen-bond acceptors (Lipinski definition) is 5. The molecule has 4 aromatic rings. The Balaban J connectivity index is 1.42. The molecule has 2 heterocycles. The van der Waals surface area contributed by atoms with Crippen molar-refractivity contribution < 1.29 is 4.79 Å². The van der Waals surface area contributed by atoms with Gasteiger partial charge in [0, 0.05) is 24.4 Å². The molecule has 0 saturated carbocycles. The highest BCUT2D eigenvalue weighted by atomic mass is 32.2. The number of nitrogens with one attached hydrogen (secondary N) is 1. The average Bonchev–Trinajstić information content (AvgIpc) is 3.19. The van der Waals surface area contributed by atoms with Gasteiger partial charge in [-0.05, 0) is 44.4 Å². The molecule has 0 atom stereocenters. The van der Waals surface area contributed by atoms with Crippen molar-refractivity contribution in [3.05, 3.63) is 87.7 Å². The van der Waals surface area contributed by atoms with Gasteiger partial charge >= 0.3 is 0 Å². The van der Waals surface area contributed by atoms with E-state index in [-0.39, 0.29) is 11.7 Å². The third-order valence-electron chi connectivity index (χ3n) is 5.47. The first-order chi connectivity index (χ1) is 15.4. The molecule has 0 aliphatic rings. The van der Waals surface area contributed by atoms with E-state index in [1.165, 1.54) is 28.5 Å². The van der Waals surface area contributed by atoms with E-state index < -0.39 is 0 Å². The lowest BCUT2D eigenvalue weighted by atomic mass is 10.0. The first kappa shape index (κ1) is 22.0. The molecule has 0 fully saturated rings. The fourth-order valence-electron chi connectivity index (χ4n) is 3.50. The standard InChI is InChI=1S/C25H27N5OS/c1-16-5-9-20(10-6-16)13-22-18(3)27-24-28-25(29-30(24)19(22)4)32-15-23(31)26-14-21-11-7-17(2)8-12-21/h5-12H,13-15H2,1-4H3,(H,26,31). The maximum absolute atomic E-state index is 12.3. The maximum Gasteiger partial charge on any atom is 0.253 e. The van der Waals surface area contributed by atoms with Crippen LogP contribution in [-0.4, -0.2) is 31.2 Å². The van der Waals surface area contributed by atoms with Crippen LogP contribution < -0.4 is 5.32 Å². The molecule has 4 rings (SSSR count). The molecule has 32 heavy (non-hydrogen) atoms. The van der Waals surface area contributed by atoms with Gasteiger partial charge in [0.2, 0.25) is 11.1 Å². The Morgan fingerprint density at radius 2 is 1.53 bits per heavy atom. The summed E-state index contributed by atoms with van der Waals surface area (Å²) >= 11 is 1.32. The van der Waals surface area contributed by atoms with Crippen molar-refractivity contribution >= 4 is 23.4 Å². The van der Waals surface area contributed by atoms with Gasteiger partial charge in [-0.3, -0.25) is 4.79 Å². The van der Waals surface area contributed by atoms with E-state index in [0.29, 0.717) is 17.5 Å². The number of nitrogens with zero attached hydrogens (tertiary/aromatic N) is 4. The van der Waals surface area contributed by atoms with Gasteiger partial charge in [0.25, 0.3) is 5.78 Å². The lowest BCUT2D eigenvalue weighted by Crippen LogP contribution is -2.24. The van der Waals surface area contributed by atoms with Gasteiger partial charge in [-0.25, -0.2) is 9.50 Å². The maximum atomic E-state index is 12.3. The summed E-state index contributed by atoms with van der Waals surface area (Å²) in [6.45, 7) is 8.70. The van der Waals surface area contributed by atoms with Gasteiger partial charge in [-0.2, -0.15) is 4.98 Å². The Morgan fingerprint density at radius 1 is 0.906 bits per heavy atom. The van der Waals surface area contributed by atoms with Crippen LogP contribution in [-0.2, 0) is 17.8 Å². The van der Waals surface area contributed by atoms with Crippen molar-refractivity contribution in [3.63, 3.8) is 0 Å². The van der Waals surface area contributed by atoms with Gasteiger partial charge in [-0.1, -0.05) is 71.4 Å². The predicted octanol–water partition coefficient (Wildman–Crippen LogP) is 4.36. The lowest BCUT2D eigenvalue weighted by molar-refractivity contribution is -0.118. The van der Waals surface area contributed by atoms with Gasteiger partial charge in [0.15, 0.2) is 0 Å². The molecular weight excluding hydrogens is 418 g/mol. The van der Waals surface area contributed by atoms with E-state index in [0.717, 1.165) is 28.9 Å². The molecule has 0 unspecified atom stereocenters. The van der Waals surface area contributed by atoms with Crippen LogP contribution in [0.25, 0.3) is 5.78 Å². The zero-order valence-corrected chi connectivity index (χ0v) is 19.7. The number of carbonyl (C=O) groups excluding carboxylic acids is 1. The van der Waals surface area contributed by atoms with Crippen LogP contribution in [0.5, 0.6) is 0 Å². The summed E-state index contributed by atoms with van der Waals surface area (Å²) in [6, 6.07) is 16.7. The molecule has 1 amide bonds. The van der Waals surface area contributed by atoms with Crippen molar-refractivity contribution in [3.8, 4) is 0 Å². The number of fused-ring (bicyclic) bond motifs is 1. The lowest BCUT2D eigenvalue weighted by Gasteiger charge is -2.10. The van der Waals surface area contributed by atoms with Gasteiger partial charge in [0.1, 0.15) is 0 Å². The topological polar surface area (TPSA) is 72.2 Å². The number of rotatable bonds is 7. The van der Waals surface area contributed by atoms with Gasteiger partial charge in [0.05, 0.1) is 5.75 Å². The van der Waals surface area contributed by atoms with Crippen molar-refractivity contribution in [2.75, 3.05) is 5.75 Å². The molecule has 6 nitrogen and oxygen atoms in total. The van der Waals surface area contributed by atoms with Crippen molar-refractivity contribution in [2.24, 2.45) is 0 Å². The van der Waals surface area contributed by atoms with Crippen LogP contribution in [0.2, 0.25) is 0 Å². The van der Waals surface area contributed by atoms with E-state index in [1.54, 1.807) is 4.52 Å². The number of amides is 1. The molecule has 0 spiro atoms. The monoisotopic (exact) mass is 445 g/mol. The smallest absolute Gasteiger partial charge is 0.253 e. The van der Waals surface area contributed by atoms with Gasteiger partial charge in [-0.15, -0.1) is 5.10 Å².